The predicted molar refractivity (Wildman–Crippen MR) is 164 cm³/mol. The van der Waals surface area contributed by atoms with Crippen LogP contribution in [0.25, 0.3) is 66.2 Å². The molecule has 0 saturated heterocycles. The summed E-state index contributed by atoms with van der Waals surface area (Å²) in [6.45, 7) is 1.92. The second kappa shape index (κ2) is 9.66. The van der Waals surface area contributed by atoms with E-state index in [0.717, 1.165) is 17.1 Å². The van der Waals surface area contributed by atoms with Gasteiger partial charge in [0.05, 0.1) is 5.69 Å². The Morgan fingerprint density at radius 3 is 1.54 bits per heavy atom. The number of nitrogens with zero attached hydrogens (tertiary/aromatic N) is 2. The predicted octanol–water partition coefficient (Wildman–Crippen LogP) is 9.76. The van der Waals surface area contributed by atoms with Gasteiger partial charge in [0.25, 0.3) is 0 Å². The Balaban J connectivity index is 1.48. The zero-order chi connectivity index (χ0) is 26.2. The number of rotatable bonds is 4. The molecule has 0 unspecified atom stereocenters. The molecule has 184 valence electrons. The molecule has 0 radical (unpaired) electrons. The Labute approximate surface area is 228 Å². The lowest BCUT2D eigenvalue weighted by molar-refractivity contribution is 1.06. The number of hydrogen-bond acceptors (Lipinski definition) is 2. The Kier molecular flexibility index (Phi) is 5.71. The van der Waals surface area contributed by atoms with Crippen LogP contribution >= 0.6 is 0 Å². The zero-order valence-corrected chi connectivity index (χ0v) is 21.7. The summed E-state index contributed by atoms with van der Waals surface area (Å²) in [5.74, 6) is 0.779. The number of aromatic nitrogens is 2. The molecule has 2 heteroatoms. The number of fused-ring (bicyclic) bond motifs is 2. The summed E-state index contributed by atoms with van der Waals surface area (Å²) in [6, 6.07) is 47.9. The lowest BCUT2D eigenvalue weighted by Gasteiger charge is -2.18. The minimum absolute atomic E-state index is 0.779. The van der Waals surface area contributed by atoms with Crippen LogP contribution in [-0.2, 0) is 0 Å². The van der Waals surface area contributed by atoms with E-state index < -0.39 is 0 Å². The highest BCUT2D eigenvalue weighted by Crippen LogP contribution is 2.44. The fourth-order valence-electron chi connectivity index (χ4n) is 5.64. The van der Waals surface area contributed by atoms with Gasteiger partial charge in [0, 0.05) is 11.8 Å². The average Bonchev–Trinajstić information content (AvgIpc) is 3.00. The smallest absolute Gasteiger partial charge is 0.125 e. The fourth-order valence-corrected chi connectivity index (χ4v) is 5.64. The van der Waals surface area contributed by atoms with Crippen molar-refractivity contribution in [1.29, 1.82) is 0 Å². The molecular formula is C37H26N2. The topological polar surface area (TPSA) is 25.8 Å². The lowest BCUT2D eigenvalue weighted by atomic mass is 9.85. The number of benzene rings is 6. The largest absolute Gasteiger partial charge is 0.242 e. The summed E-state index contributed by atoms with van der Waals surface area (Å²) in [7, 11) is 0. The molecule has 2 nitrogen and oxygen atoms in total. The van der Waals surface area contributed by atoms with Gasteiger partial charge in [0.2, 0.25) is 0 Å². The molecule has 0 aliphatic rings. The van der Waals surface area contributed by atoms with E-state index in [-0.39, 0.29) is 0 Å². The average molecular weight is 499 g/mol. The van der Waals surface area contributed by atoms with Crippen LogP contribution in [0.5, 0.6) is 0 Å². The first-order valence-electron chi connectivity index (χ1n) is 13.3. The van der Waals surface area contributed by atoms with Crippen LogP contribution in [0.2, 0.25) is 0 Å². The van der Waals surface area contributed by atoms with Gasteiger partial charge < -0.3 is 0 Å². The maximum atomic E-state index is 4.59. The normalized spacial score (nSPS) is 11.2. The fraction of sp³-hybridized carbons (Fsp3) is 0.0270. The van der Waals surface area contributed by atoms with E-state index in [1.807, 2.05) is 19.2 Å². The molecule has 0 aliphatic heterocycles. The van der Waals surface area contributed by atoms with Crippen molar-refractivity contribution in [2.24, 2.45) is 0 Å². The van der Waals surface area contributed by atoms with E-state index in [1.54, 1.807) is 0 Å². The molecule has 1 aromatic heterocycles. The van der Waals surface area contributed by atoms with Gasteiger partial charge in [-0.3, -0.25) is 0 Å². The van der Waals surface area contributed by atoms with Crippen molar-refractivity contribution in [2.75, 3.05) is 0 Å². The minimum atomic E-state index is 0.779. The maximum Gasteiger partial charge on any atom is 0.125 e. The summed E-state index contributed by atoms with van der Waals surface area (Å²) >= 11 is 0. The quantitative estimate of drug-likeness (QED) is 0.226. The SMILES string of the molecule is Cc1nccc(-c2ccc(-c3ccc4c(-c5ccccc5)c5ccccc5c(-c5ccccc5)c4c3)cc2)n1. The van der Waals surface area contributed by atoms with Crippen molar-refractivity contribution in [3.63, 3.8) is 0 Å². The second-order valence-corrected chi connectivity index (χ2v) is 9.85. The van der Waals surface area contributed by atoms with Crippen LogP contribution in [-0.4, -0.2) is 9.97 Å². The molecule has 1 heterocycles. The van der Waals surface area contributed by atoms with Crippen LogP contribution < -0.4 is 0 Å². The van der Waals surface area contributed by atoms with Crippen LogP contribution in [0, 0.1) is 6.92 Å². The summed E-state index contributed by atoms with van der Waals surface area (Å²) in [4.78, 5) is 8.82. The van der Waals surface area contributed by atoms with Crippen LogP contribution in [0.1, 0.15) is 5.82 Å². The van der Waals surface area contributed by atoms with Crippen molar-refractivity contribution in [2.45, 2.75) is 6.92 Å². The zero-order valence-electron chi connectivity index (χ0n) is 21.7. The van der Waals surface area contributed by atoms with Gasteiger partial charge in [-0.2, -0.15) is 0 Å². The Hall–Kier alpha value is -5.08. The highest BCUT2D eigenvalue weighted by atomic mass is 14.9. The highest BCUT2D eigenvalue weighted by Gasteiger charge is 2.17. The molecule has 39 heavy (non-hydrogen) atoms. The molecule has 0 saturated carbocycles. The van der Waals surface area contributed by atoms with Gasteiger partial charge in [-0.1, -0.05) is 121 Å². The summed E-state index contributed by atoms with van der Waals surface area (Å²) in [5.41, 5.74) is 9.42. The molecule has 0 atom stereocenters. The van der Waals surface area contributed by atoms with E-state index in [9.17, 15) is 0 Å². The first-order valence-corrected chi connectivity index (χ1v) is 13.3. The van der Waals surface area contributed by atoms with Gasteiger partial charge >= 0.3 is 0 Å². The molecule has 0 N–H and O–H groups in total. The van der Waals surface area contributed by atoms with Crippen LogP contribution in [0.3, 0.4) is 0 Å². The molecule has 0 spiro atoms. The Morgan fingerprint density at radius 2 is 0.923 bits per heavy atom. The molecule has 7 aromatic rings. The van der Waals surface area contributed by atoms with E-state index >= 15 is 0 Å². The summed E-state index contributed by atoms with van der Waals surface area (Å²) < 4.78 is 0. The molecule has 0 aliphatic carbocycles. The molecule has 0 fully saturated rings. The third-order valence-electron chi connectivity index (χ3n) is 7.44. The van der Waals surface area contributed by atoms with E-state index in [4.69, 9.17) is 0 Å². The van der Waals surface area contributed by atoms with Crippen molar-refractivity contribution in [3.05, 3.63) is 145 Å². The number of aryl methyl sites for hydroxylation is 1. The molecule has 0 amide bonds. The minimum Gasteiger partial charge on any atom is -0.242 e. The van der Waals surface area contributed by atoms with Crippen molar-refractivity contribution in [1.82, 2.24) is 9.97 Å². The molecular weight excluding hydrogens is 472 g/mol. The van der Waals surface area contributed by atoms with Crippen molar-refractivity contribution < 1.29 is 0 Å². The Morgan fingerprint density at radius 1 is 0.410 bits per heavy atom. The van der Waals surface area contributed by atoms with E-state index in [1.165, 1.54) is 54.9 Å². The lowest BCUT2D eigenvalue weighted by Crippen LogP contribution is -1.92. The summed E-state index contributed by atoms with van der Waals surface area (Å²) in [6.07, 6.45) is 1.81. The first kappa shape index (κ1) is 23.1. The standard InChI is InChI=1S/C37H26N2/c1-25-38-23-22-35(39-25)27-18-16-26(17-19-27)30-20-21-33-34(24-30)37(29-12-6-3-7-13-29)32-15-9-8-14-31(32)36(33)28-10-4-2-5-11-28/h2-24H,1H3. The van der Waals surface area contributed by atoms with Crippen LogP contribution in [0.4, 0.5) is 0 Å². The molecule has 6 aromatic carbocycles. The first-order chi connectivity index (χ1) is 19.3. The monoisotopic (exact) mass is 498 g/mol. The maximum absolute atomic E-state index is 4.59. The van der Waals surface area contributed by atoms with Crippen molar-refractivity contribution in [3.8, 4) is 44.6 Å². The van der Waals surface area contributed by atoms with Crippen molar-refractivity contribution >= 4 is 21.5 Å². The highest BCUT2D eigenvalue weighted by molar-refractivity contribution is 6.21. The van der Waals surface area contributed by atoms with Gasteiger partial charge in [0.15, 0.2) is 0 Å². The second-order valence-electron chi connectivity index (χ2n) is 9.85. The van der Waals surface area contributed by atoms with Crippen LogP contribution in [0.15, 0.2) is 140 Å². The Bertz CT molecular complexity index is 1940. The van der Waals surface area contributed by atoms with E-state index in [2.05, 4.69) is 137 Å². The number of hydrogen-bond donors (Lipinski definition) is 0. The third kappa shape index (κ3) is 4.17. The van der Waals surface area contributed by atoms with Gasteiger partial charge in [0.1, 0.15) is 5.82 Å². The van der Waals surface area contributed by atoms with Gasteiger partial charge in [-0.05, 0) is 74.0 Å². The van der Waals surface area contributed by atoms with Gasteiger partial charge in [-0.15, -0.1) is 0 Å². The third-order valence-corrected chi connectivity index (χ3v) is 7.44. The van der Waals surface area contributed by atoms with Gasteiger partial charge in [-0.25, -0.2) is 9.97 Å². The summed E-state index contributed by atoms with van der Waals surface area (Å²) in [5, 5.41) is 5.05. The molecule has 7 rings (SSSR count). The van der Waals surface area contributed by atoms with E-state index in [0.29, 0.717) is 0 Å². The molecule has 0 bridgehead atoms.